The zero-order chi connectivity index (χ0) is 26.0. The second-order valence-electron chi connectivity index (χ2n) is 7.84. The number of ether oxygens (including phenoxy) is 2. The number of nitrogens with one attached hydrogen (secondary N) is 1. The third kappa shape index (κ3) is 5.27. The van der Waals surface area contributed by atoms with E-state index in [0.717, 1.165) is 10.5 Å². The molecule has 0 aliphatic carbocycles. The maximum Gasteiger partial charge on any atom is 0.335 e. The number of imide groups is 2. The lowest BCUT2D eigenvalue weighted by atomic mass is 10.1. The van der Waals surface area contributed by atoms with Gasteiger partial charge in [0.2, 0.25) is 0 Å². The molecule has 7 nitrogen and oxygen atoms in total. The monoisotopic (exact) mass is 572 g/mol. The maximum absolute atomic E-state index is 13.5. The van der Waals surface area contributed by atoms with Crippen molar-refractivity contribution in [1.82, 2.24) is 5.32 Å². The Balaban J connectivity index is 1.65. The van der Waals surface area contributed by atoms with Gasteiger partial charge in [-0.05, 0) is 82.0 Å². The van der Waals surface area contributed by atoms with Crippen LogP contribution in [0, 0.1) is 12.7 Å². The van der Waals surface area contributed by atoms with Crippen LogP contribution in [0.2, 0.25) is 5.02 Å². The van der Waals surface area contributed by atoms with Crippen LogP contribution in [0.5, 0.6) is 11.5 Å². The zero-order valence-corrected chi connectivity index (χ0v) is 21.4. The lowest BCUT2D eigenvalue weighted by molar-refractivity contribution is -0.122. The van der Waals surface area contributed by atoms with Crippen LogP contribution in [0.3, 0.4) is 0 Å². The standard InChI is InChI=1S/C26H19BrClFN2O5/c1-14-6-7-18(12-21(14)28)31-25(33)19(24(32)30-26(31)34)9-16-10-20(27)23(22(11-16)35-2)36-13-15-4-3-5-17(29)8-15/h3-12H,13H2,1-2H3,(H,30,32,34)/b19-9-. The van der Waals surface area contributed by atoms with Gasteiger partial charge in [0.15, 0.2) is 11.5 Å². The number of methoxy groups -OCH3 is 1. The average molecular weight is 574 g/mol. The fourth-order valence-corrected chi connectivity index (χ4v) is 4.27. The minimum absolute atomic E-state index is 0.0875. The van der Waals surface area contributed by atoms with Crippen LogP contribution in [0.4, 0.5) is 14.9 Å². The summed E-state index contributed by atoms with van der Waals surface area (Å²) in [5.41, 5.74) is 1.81. The van der Waals surface area contributed by atoms with Crippen molar-refractivity contribution in [2.75, 3.05) is 12.0 Å². The first-order valence-corrected chi connectivity index (χ1v) is 11.8. The second kappa shape index (κ2) is 10.5. The van der Waals surface area contributed by atoms with Crippen molar-refractivity contribution in [1.29, 1.82) is 0 Å². The molecular formula is C26H19BrClFN2O5. The van der Waals surface area contributed by atoms with Gasteiger partial charge < -0.3 is 9.47 Å². The number of anilines is 1. The Morgan fingerprint density at radius 3 is 2.58 bits per heavy atom. The first kappa shape index (κ1) is 25.4. The summed E-state index contributed by atoms with van der Waals surface area (Å²) >= 11 is 9.58. The van der Waals surface area contributed by atoms with Gasteiger partial charge in [-0.15, -0.1) is 0 Å². The highest BCUT2D eigenvalue weighted by Crippen LogP contribution is 2.38. The minimum atomic E-state index is -0.873. The quantitative estimate of drug-likeness (QED) is 0.297. The summed E-state index contributed by atoms with van der Waals surface area (Å²) in [5, 5.41) is 2.55. The Morgan fingerprint density at radius 2 is 1.89 bits per heavy atom. The van der Waals surface area contributed by atoms with E-state index in [1.54, 1.807) is 43.3 Å². The van der Waals surface area contributed by atoms with Crippen molar-refractivity contribution in [3.05, 3.63) is 92.2 Å². The van der Waals surface area contributed by atoms with Crippen LogP contribution >= 0.6 is 27.5 Å². The predicted molar refractivity (Wildman–Crippen MR) is 137 cm³/mol. The second-order valence-corrected chi connectivity index (χ2v) is 9.11. The van der Waals surface area contributed by atoms with Crippen LogP contribution < -0.4 is 19.7 Å². The van der Waals surface area contributed by atoms with Gasteiger partial charge in [-0.2, -0.15) is 0 Å². The molecule has 1 heterocycles. The van der Waals surface area contributed by atoms with E-state index >= 15 is 0 Å². The van der Waals surface area contributed by atoms with E-state index in [0.29, 0.717) is 32.1 Å². The Hall–Kier alpha value is -3.69. The van der Waals surface area contributed by atoms with Crippen molar-refractivity contribution in [3.8, 4) is 11.5 Å². The molecule has 4 amide bonds. The highest BCUT2D eigenvalue weighted by atomic mass is 79.9. The lowest BCUT2D eigenvalue weighted by Crippen LogP contribution is -2.54. The third-order valence-electron chi connectivity index (χ3n) is 5.35. The van der Waals surface area contributed by atoms with Crippen molar-refractivity contribution in [3.63, 3.8) is 0 Å². The fraction of sp³-hybridized carbons (Fsp3) is 0.115. The first-order valence-electron chi connectivity index (χ1n) is 10.6. The molecule has 0 bridgehead atoms. The zero-order valence-electron chi connectivity index (χ0n) is 19.1. The molecular weight excluding hydrogens is 555 g/mol. The number of carbonyl (C=O) groups is 3. The van der Waals surface area contributed by atoms with Gasteiger partial charge in [-0.1, -0.05) is 29.8 Å². The number of amides is 4. The van der Waals surface area contributed by atoms with Crippen molar-refractivity contribution in [2.24, 2.45) is 0 Å². The molecule has 1 aliphatic heterocycles. The number of aryl methyl sites for hydroxylation is 1. The smallest absolute Gasteiger partial charge is 0.335 e. The van der Waals surface area contributed by atoms with Crippen LogP contribution in [0.15, 0.2) is 64.6 Å². The predicted octanol–water partition coefficient (Wildman–Crippen LogP) is 5.80. The van der Waals surface area contributed by atoms with E-state index < -0.39 is 17.8 Å². The highest BCUT2D eigenvalue weighted by Gasteiger charge is 2.37. The molecule has 1 N–H and O–H groups in total. The Morgan fingerprint density at radius 1 is 1.11 bits per heavy atom. The number of nitrogens with zero attached hydrogens (tertiary/aromatic N) is 1. The summed E-state index contributed by atoms with van der Waals surface area (Å²) in [6.07, 6.45) is 1.34. The number of halogens is 3. The van der Waals surface area contributed by atoms with Crippen molar-refractivity contribution >= 4 is 57.1 Å². The molecule has 0 unspecified atom stereocenters. The maximum atomic E-state index is 13.5. The van der Waals surface area contributed by atoms with Gasteiger partial charge in [0, 0.05) is 5.02 Å². The number of rotatable bonds is 6. The van der Waals surface area contributed by atoms with E-state index in [1.165, 1.54) is 31.4 Å². The number of barbiturate groups is 1. The van der Waals surface area contributed by atoms with E-state index in [2.05, 4.69) is 21.2 Å². The van der Waals surface area contributed by atoms with Crippen LogP contribution in [0.25, 0.3) is 6.08 Å². The molecule has 0 spiro atoms. The molecule has 4 rings (SSSR count). The number of urea groups is 1. The van der Waals surface area contributed by atoms with Gasteiger partial charge in [0.25, 0.3) is 11.8 Å². The van der Waals surface area contributed by atoms with Gasteiger partial charge in [0.1, 0.15) is 18.0 Å². The van der Waals surface area contributed by atoms with Crippen LogP contribution in [0.1, 0.15) is 16.7 Å². The molecule has 3 aromatic carbocycles. The lowest BCUT2D eigenvalue weighted by Gasteiger charge is -2.26. The first-order chi connectivity index (χ1) is 17.2. The molecule has 0 radical (unpaired) electrons. The molecule has 1 saturated heterocycles. The Labute approximate surface area is 219 Å². The number of carbonyl (C=O) groups excluding carboxylic acids is 3. The summed E-state index contributed by atoms with van der Waals surface area (Å²) in [6, 6.07) is 13.0. The van der Waals surface area contributed by atoms with Crippen molar-refractivity contribution in [2.45, 2.75) is 13.5 Å². The summed E-state index contributed by atoms with van der Waals surface area (Å²) in [6.45, 7) is 1.88. The van der Waals surface area contributed by atoms with Crippen LogP contribution in [-0.2, 0) is 16.2 Å². The largest absolute Gasteiger partial charge is 0.493 e. The van der Waals surface area contributed by atoms with Gasteiger partial charge >= 0.3 is 6.03 Å². The summed E-state index contributed by atoms with van der Waals surface area (Å²) in [5.74, 6) is -1.34. The highest BCUT2D eigenvalue weighted by molar-refractivity contribution is 9.10. The molecule has 36 heavy (non-hydrogen) atoms. The van der Waals surface area contributed by atoms with Gasteiger partial charge in [0.05, 0.1) is 17.3 Å². The number of hydrogen-bond acceptors (Lipinski definition) is 5. The van der Waals surface area contributed by atoms with Crippen LogP contribution in [-0.4, -0.2) is 25.0 Å². The van der Waals surface area contributed by atoms with Gasteiger partial charge in [-0.3, -0.25) is 14.9 Å². The molecule has 0 aromatic heterocycles. The fourth-order valence-electron chi connectivity index (χ4n) is 3.52. The molecule has 184 valence electrons. The third-order valence-corrected chi connectivity index (χ3v) is 6.35. The molecule has 10 heteroatoms. The van der Waals surface area contributed by atoms with E-state index in [9.17, 15) is 18.8 Å². The summed E-state index contributed by atoms with van der Waals surface area (Å²) < 4.78 is 25.2. The number of benzene rings is 3. The molecule has 1 aliphatic rings. The topological polar surface area (TPSA) is 84.9 Å². The van der Waals surface area contributed by atoms with E-state index in [4.69, 9.17) is 21.1 Å². The molecule has 0 saturated carbocycles. The molecule has 1 fully saturated rings. The van der Waals surface area contributed by atoms with Crippen molar-refractivity contribution < 1.29 is 28.2 Å². The molecule has 3 aromatic rings. The molecule has 0 atom stereocenters. The Kier molecular flexibility index (Phi) is 7.42. The normalized spacial score (nSPS) is 14.8. The van der Waals surface area contributed by atoms with Gasteiger partial charge in [-0.25, -0.2) is 14.1 Å². The summed E-state index contributed by atoms with van der Waals surface area (Å²) in [7, 11) is 1.44. The number of hydrogen-bond donors (Lipinski definition) is 1. The SMILES string of the molecule is COc1cc(/C=C2/C(=O)NC(=O)N(c3ccc(C)c(Cl)c3)C2=O)cc(Br)c1OCc1cccc(F)c1. The Bertz CT molecular complexity index is 1430. The van der Waals surface area contributed by atoms with E-state index in [-0.39, 0.29) is 23.7 Å². The van der Waals surface area contributed by atoms with E-state index in [1.807, 2.05) is 0 Å². The summed E-state index contributed by atoms with van der Waals surface area (Å²) in [4.78, 5) is 39.0. The average Bonchev–Trinajstić information content (AvgIpc) is 2.83. The minimum Gasteiger partial charge on any atom is -0.493 e.